The molecule has 0 saturated heterocycles. The average molecular weight is 434 g/mol. The van der Waals surface area contributed by atoms with Gasteiger partial charge in [-0.25, -0.2) is 4.79 Å². The highest BCUT2D eigenvalue weighted by Gasteiger charge is 2.29. The number of H-pyrrole nitrogens is 1. The molecule has 0 unspecified atom stereocenters. The minimum Gasteiger partial charge on any atom is -0.445 e. The van der Waals surface area contributed by atoms with Crippen molar-refractivity contribution in [2.75, 3.05) is 0 Å². The normalized spacial score (nSPS) is 17.0. The van der Waals surface area contributed by atoms with Crippen LogP contribution < -0.4 is 10.6 Å². The van der Waals surface area contributed by atoms with Crippen LogP contribution in [0.4, 0.5) is 4.79 Å². The van der Waals surface area contributed by atoms with Gasteiger partial charge in [-0.1, -0.05) is 55.0 Å². The summed E-state index contributed by atoms with van der Waals surface area (Å²) in [6.07, 6.45) is 4.30. The van der Waals surface area contributed by atoms with Gasteiger partial charge in [-0.05, 0) is 30.0 Å². The maximum atomic E-state index is 13.1. The topological polar surface area (TPSA) is 100 Å². The fourth-order valence-corrected chi connectivity index (χ4v) is 4.04. The summed E-state index contributed by atoms with van der Waals surface area (Å²) in [7, 11) is 0. The Bertz CT molecular complexity index is 1090. The van der Waals surface area contributed by atoms with E-state index in [0.717, 1.165) is 34.9 Å². The van der Waals surface area contributed by atoms with Crippen molar-refractivity contribution in [1.82, 2.24) is 15.6 Å². The van der Waals surface area contributed by atoms with Crippen molar-refractivity contribution in [2.24, 2.45) is 0 Å². The molecule has 7 heteroatoms. The third-order valence-electron chi connectivity index (χ3n) is 5.79. The molecule has 166 valence electrons. The number of fused-ring (bicyclic) bond motifs is 1. The number of aromatic nitrogens is 1. The molecule has 4 rings (SSSR count). The van der Waals surface area contributed by atoms with Crippen molar-refractivity contribution < 1.29 is 19.1 Å². The van der Waals surface area contributed by atoms with Gasteiger partial charge in [-0.3, -0.25) is 9.59 Å². The van der Waals surface area contributed by atoms with Gasteiger partial charge in [0, 0.05) is 29.9 Å². The third-order valence-corrected chi connectivity index (χ3v) is 5.79. The number of rotatable bonds is 7. The Labute approximate surface area is 186 Å². The molecule has 1 fully saturated rings. The van der Waals surface area contributed by atoms with Crippen molar-refractivity contribution in [1.29, 1.82) is 0 Å². The van der Waals surface area contributed by atoms with E-state index in [-0.39, 0.29) is 24.7 Å². The quantitative estimate of drug-likeness (QED) is 0.530. The Morgan fingerprint density at radius 3 is 2.66 bits per heavy atom. The Balaban J connectivity index is 1.46. The molecule has 0 spiro atoms. The first-order chi connectivity index (χ1) is 15.6. The fraction of sp³-hybridized carbons (Fsp3) is 0.320. The molecule has 2 atom stereocenters. The molecule has 0 radical (unpaired) electrons. The lowest BCUT2D eigenvalue weighted by molar-refractivity contribution is -0.129. The first kappa shape index (κ1) is 21.6. The predicted octanol–water partition coefficient (Wildman–Crippen LogP) is 3.63. The van der Waals surface area contributed by atoms with Crippen LogP contribution in [0, 0.1) is 0 Å². The summed E-state index contributed by atoms with van der Waals surface area (Å²) in [4.78, 5) is 41.0. The third kappa shape index (κ3) is 5.35. The number of para-hydroxylation sites is 1. The van der Waals surface area contributed by atoms with Crippen molar-refractivity contribution in [3.63, 3.8) is 0 Å². The van der Waals surface area contributed by atoms with Crippen LogP contribution in [0.5, 0.6) is 0 Å². The summed E-state index contributed by atoms with van der Waals surface area (Å²) >= 11 is 0. The summed E-state index contributed by atoms with van der Waals surface area (Å²) in [5, 5.41) is 6.52. The molecule has 2 amide bonds. The van der Waals surface area contributed by atoms with Gasteiger partial charge in [0.25, 0.3) is 0 Å². The highest BCUT2D eigenvalue weighted by Crippen LogP contribution is 2.20. The van der Waals surface area contributed by atoms with Crippen LogP contribution in [0.25, 0.3) is 10.9 Å². The number of alkyl carbamates (subject to hydrolysis) is 1. The van der Waals surface area contributed by atoms with Crippen LogP contribution >= 0.6 is 0 Å². The molecular formula is C25H27N3O4. The Hall–Kier alpha value is -3.61. The first-order valence-electron chi connectivity index (χ1n) is 11.0. The molecule has 7 nitrogen and oxygen atoms in total. The smallest absolute Gasteiger partial charge is 0.408 e. The molecular weight excluding hydrogens is 406 g/mol. The second kappa shape index (κ2) is 10.1. The number of nitrogens with one attached hydrogen (secondary N) is 3. The largest absolute Gasteiger partial charge is 0.445 e. The summed E-state index contributed by atoms with van der Waals surface area (Å²) in [6.45, 7) is 0.106. The van der Waals surface area contributed by atoms with E-state index in [2.05, 4.69) is 15.6 Å². The number of carbonyl (C=O) groups is 3. The molecule has 32 heavy (non-hydrogen) atoms. The molecule has 3 N–H and O–H groups in total. The molecule has 1 saturated carbocycles. The fourth-order valence-electron chi connectivity index (χ4n) is 4.04. The van der Waals surface area contributed by atoms with E-state index >= 15 is 0 Å². The van der Waals surface area contributed by atoms with Gasteiger partial charge in [-0.2, -0.15) is 0 Å². The number of hydrogen-bond acceptors (Lipinski definition) is 4. The second-order valence-electron chi connectivity index (χ2n) is 8.10. The lowest BCUT2D eigenvalue weighted by atomic mass is 9.93. The minimum atomic E-state index is -0.868. The van der Waals surface area contributed by atoms with Crippen molar-refractivity contribution in [3.8, 4) is 0 Å². The summed E-state index contributed by atoms with van der Waals surface area (Å²) in [5.74, 6) is -0.339. The molecule has 3 aromatic rings. The van der Waals surface area contributed by atoms with Gasteiger partial charge in [0.2, 0.25) is 5.91 Å². The monoisotopic (exact) mass is 433 g/mol. The van der Waals surface area contributed by atoms with Gasteiger partial charge >= 0.3 is 6.09 Å². The van der Waals surface area contributed by atoms with Gasteiger partial charge < -0.3 is 20.4 Å². The summed E-state index contributed by atoms with van der Waals surface area (Å²) in [6, 6.07) is 15.8. The lowest BCUT2D eigenvalue weighted by Gasteiger charge is -2.25. The Morgan fingerprint density at radius 1 is 1.06 bits per heavy atom. The van der Waals surface area contributed by atoms with Crippen LogP contribution in [-0.2, 0) is 27.4 Å². The molecule has 0 aliphatic heterocycles. The average Bonchev–Trinajstić information content (AvgIpc) is 3.22. The van der Waals surface area contributed by atoms with Crippen LogP contribution in [0.2, 0.25) is 0 Å². The molecule has 1 aliphatic rings. The molecule has 0 bridgehead atoms. The number of benzene rings is 2. The van der Waals surface area contributed by atoms with E-state index in [9.17, 15) is 14.4 Å². The summed E-state index contributed by atoms with van der Waals surface area (Å²) in [5.41, 5.74) is 2.71. The van der Waals surface area contributed by atoms with Crippen molar-refractivity contribution >= 4 is 28.7 Å². The zero-order chi connectivity index (χ0) is 22.3. The van der Waals surface area contributed by atoms with Crippen LogP contribution in [0.3, 0.4) is 0 Å². The van der Waals surface area contributed by atoms with E-state index in [1.54, 1.807) is 0 Å². The summed E-state index contributed by atoms with van der Waals surface area (Å²) < 4.78 is 5.32. The SMILES string of the molecule is O=C(N[C@@H](Cc1c[nH]c2ccccc12)C(=O)N[C@@H]1CCCCC1=O)OCc1ccccc1. The van der Waals surface area contributed by atoms with Gasteiger partial charge in [0.15, 0.2) is 5.78 Å². The van der Waals surface area contributed by atoms with E-state index in [4.69, 9.17) is 4.74 Å². The van der Waals surface area contributed by atoms with Gasteiger partial charge in [0.1, 0.15) is 12.6 Å². The Morgan fingerprint density at radius 2 is 1.84 bits per heavy atom. The number of hydrogen-bond donors (Lipinski definition) is 3. The van der Waals surface area contributed by atoms with E-state index in [1.807, 2.05) is 60.8 Å². The highest BCUT2D eigenvalue weighted by molar-refractivity contribution is 5.93. The van der Waals surface area contributed by atoms with Crippen LogP contribution in [-0.4, -0.2) is 34.9 Å². The highest BCUT2D eigenvalue weighted by atomic mass is 16.5. The van der Waals surface area contributed by atoms with Crippen molar-refractivity contribution in [2.45, 2.75) is 50.8 Å². The zero-order valence-electron chi connectivity index (χ0n) is 17.8. The second-order valence-corrected chi connectivity index (χ2v) is 8.10. The molecule has 1 aliphatic carbocycles. The predicted molar refractivity (Wildman–Crippen MR) is 121 cm³/mol. The van der Waals surface area contributed by atoms with Crippen molar-refractivity contribution in [3.05, 3.63) is 71.9 Å². The van der Waals surface area contributed by atoms with E-state index < -0.39 is 18.2 Å². The maximum absolute atomic E-state index is 13.1. The van der Waals surface area contributed by atoms with Crippen LogP contribution in [0.15, 0.2) is 60.8 Å². The minimum absolute atomic E-state index is 0.0436. The zero-order valence-corrected chi connectivity index (χ0v) is 17.8. The number of Topliss-reactive ketones (excluding diaryl/α,β-unsaturated/α-hetero) is 1. The van der Waals surface area contributed by atoms with Gasteiger partial charge in [-0.15, -0.1) is 0 Å². The number of amides is 2. The molecule has 1 aromatic heterocycles. The Kier molecular flexibility index (Phi) is 6.84. The number of ether oxygens (including phenoxy) is 1. The number of carbonyl (C=O) groups excluding carboxylic acids is 3. The van der Waals surface area contributed by atoms with E-state index in [0.29, 0.717) is 12.8 Å². The van der Waals surface area contributed by atoms with Gasteiger partial charge in [0.05, 0.1) is 6.04 Å². The molecule has 2 aromatic carbocycles. The lowest BCUT2D eigenvalue weighted by Crippen LogP contribution is -2.53. The molecule has 1 heterocycles. The van der Waals surface area contributed by atoms with Crippen LogP contribution in [0.1, 0.15) is 36.8 Å². The number of aromatic amines is 1. The standard InChI is InChI=1S/C25H27N3O4/c29-23-13-7-6-12-21(23)27-24(30)22(14-18-15-26-20-11-5-4-10-19(18)20)28-25(31)32-16-17-8-2-1-3-9-17/h1-5,8-11,15,21-22,26H,6-7,12-14,16H2,(H,27,30)(H,28,31)/t21-,22+/m1/s1. The first-order valence-corrected chi connectivity index (χ1v) is 11.0. The van der Waals surface area contributed by atoms with E-state index in [1.165, 1.54) is 0 Å². The number of ketones is 1. The maximum Gasteiger partial charge on any atom is 0.408 e.